The average Bonchev–Trinajstić information content (AvgIpc) is 2.88. The van der Waals surface area contributed by atoms with E-state index in [2.05, 4.69) is 9.97 Å². The van der Waals surface area contributed by atoms with Crippen LogP contribution < -0.4 is 0 Å². The first-order valence-corrected chi connectivity index (χ1v) is 7.44. The molecule has 0 saturated carbocycles. The molecule has 0 amide bonds. The van der Waals surface area contributed by atoms with Crippen LogP contribution >= 0.6 is 22.9 Å². The molecular weight excluding hydrogens is 268 g/mol. The van der Waals surface area contributed by atoms with Crippen LogP contribution in [0.15, 0.2) is 0 Å². The second-order valence-corrected chi connectivity index (χ2v) is 6.01. The Labute approximate surface area is 115 Å². The maximum atomic E-state index is 6.32. The summed E-state index contributed by atoms with van der Waals surface area (Å²) in [6, 6.07) is 0. The standard InChI is InChI=1S/C13H15ClN2OS/c1-17-7-3-6-10-15-12(14)11-8-4-2-5-9(8)18-13(11)16-10/h2-7H2,1H3. The van der Waals surface area contributed by atoms with E-state index in [0.29, 0.717) is 5.15 Å². The maximum Gasteiger partial charge on any atom is 0.141 e. The summed E-state index contributed by atoms with van der Waals surface area (Å²) in [6.45, 7) is 0.736. The Hall–Kier alpha value is -0.710. The van der Waals surface area contributed by atoms with Gasteiger partial charge in [-0.3, -0.25) is 0 Å². The number of aromatic nitrogens is 2. The molecule has 1 aliphatic carbocycles. The second-order valence-electron chi connectivity index (χ2n) is 4.56. The minimum atomic E-state index is 0.631. The molecule has 2 aromatic heterocycles. The predicted octanol–water partition coefficient (Wildman–Crippen LogP) is 3.41. The maximum absolute atomic E-state index is 6.32. The number of hydrogen-bond acceptors (Lipinski definition) is 4. The van der Waals surface area contributed by atoms with Gasteiger partial charge >= 0.3 is 0 Å². The third-order valence-corrected chi connectivity index (χ3v) is 4.77. The van der Waals surface area contributed by atoms with E-state index in [4.69, 9.17) is 16.3 Å². The van der Waals surface area contributed by atoms with E-state index in [-0.39, 0.29) is 0 Å². The van der Waals surface area contributed by atoms with Gasteiger partial charge in [-0.15, -0.1) is 11.3 Å². The van der Waals surface area contributed by atoms with Gasteiger partial charge in [0.15, 0.2) is 0 Å². The summed E-state index contributed by atoms with van der Waals surface area (Å²) in [6.07, 6.45) is 5.30. The number of halogens is 1. The van der Waals surface area contributed by atoms with Gasteiger partial charge in [0.2, 0.25) is 0 Å². The smallest absolute Gasteiger partial charge is 0.141 e. The lowest BCUT2D eigenvalue weighted by Gasteiger charge is -2.02. The molecule has 3 nitrogen and oxygen atoms in total. The number of aryl methyl sites for hydroxylation is 3. The number of thiophene rings is 1. The molecule has 2 heterocycles. The van der Waals surface area contributed by atoms with Gasteiger partial charge in [0.1, 0.15) is 15.8 Å². The van der Waals surface area contributed by atoms with Gasteiger partial charge in [-0.25, -0.2) is 9.97 Å². The van der Waals surface area contributed by atoms with Crippen LogP contribution in [0.4, 0.5) is 0 Å². The fourth-order valence-corrected chi connectivity index (χ4v) is 4.12. The molecule has 0 unspecified atom stereocenters. The SMILES string of the molecule is COCCCc1nc(Cl)c2c3c(sc2n1)CCC3. The Morgan fingerprint density at radius 2 is 2.22 bits per heavy atom. The van der Waals surface area contributed by atoms with E-state index in [1.165, 1.54) is 23.3 Å². The van der Waals surface area contributed by atoms with E-state index < -0.39 is 0 Å². The van der Waals surface area contributed by atoms with Gasteiger partial charge in [0.25, 0.3) is 0 Å². The molecule has 0 N–H and O–H groups in total. The Bertz CT molecular complexity index is 582. The summed E-state index contributed by atoms with van der Waals surface area (Å²) in [7, 11) is 1.71. The summed E-state index contributed by atoms with van der Waals surface area (Å²) >= 11 is 8.11. The molecule has 0 spiro atoms. The summed E-state index contributed by atoms with van der Waals surface area (Å²) in [5.41, 5.74) is 1.39. The van der Waals surface area contributed by atoms with Crippen LogP contribution in [0.5, 0.6) is 0 Å². The lowest BCUT2D eigenvalue weighted by atomic mass is 10.2. The van der Waals surface area contributed by atoms with Crippen molar-refractivity contribution in [1.29, 1.82) is 0 Å². The number of methoxy groups -OCH3 is 1. The fraction of sp³-hybridized carbons (Fsp3) is 0.538. The topological polar surface area (TPSA) is 35.0 Å². The van der Waals surface area contributed by atoms with E-state index in [0.717, 1.165) is 41.9 Å². The van der Waals surface area contributed by atoms with Crippen molar-refractivity contribution in [3.63, 3.8) is 0 Å². The van der Waals surface area contributed by atoms with Crippen LogP contribution in [0, 0.1) is 0 Å². The predicted molar refractivity (Wildman–Crippen MR) is 74.6 cm³/mol. The highest BCUT2D eigenvalue weighted by atomic mass is 35.5. The van der Waals surface area contributed by atoms with Crippen LogP contribution in [0.2, 0.25) is 5.15 Å². The minimum Gasteiger partial charge on any atom is -0.385 e. The number of rotatable bonds is 4. The van der Waals surface area contributed by atoms with Crippen LogP contribution in [-0.2, 0) is 24.0 Å². The number of ether oxygens (including phenoxy) is 1. The lowest BCUT2D eigenvalue weighted by Crippen LogP contribution is -1.99. The molecule has 0 atom stereocenters. The molecule has 3 rings (SSSR count). The zero-order valence-corrected chi connectivity index (χ0v) is 11.9. The van der Waals surface area contributed by atoms with E-state index in [1.807, 2.05) is 0 Å². The first kappa shape index (κ1) is 12.3. The Morgan fingerprint density at radius 3 is 3.06 bits per heavy atom. The van der Waals surface area contributed by atoms with Crippen LogP contribution in [-0.4, -0.2) is 23.7 Å². The summed E-state index contributed by atoms with van der Waals surface area (Å²) in [4.78, 5) is 11.6. The number of fused-ring (bicyclic) bond motifs is 3. The van der Waals surface area contributed by atoms with Gasteiger partial charge < -0.3 is 4.74 Å². The Kier molecular flexibility index (Phi) is 3.50. The zero-order chi connectivity index (χ0) is 12.5. The molecule has 0 aliphatic heterocycles. The van der Waals surface area contributed by atoms with Crippen molar-refractivity contribution in [3.8, 4) is 0 Å². The summed E-state index contributed by atoms with van der Waals surface area (Å²) in [5.74, 6) is 0.837. The van der Waals surface area contributed by atoms with Crippen molar-refractivity contribution in [2.75, 3.05) is 13.7 Å². The summed E-state index contributed by atoms with van der Waals surface area (Å²) < 4.78 is 5.05. The monoisotopic (exact) mass is 282 g/mol. The van der Waals surface area contributed by atoms with Gasteiger partial charge in [-0.05, 0) is 31.2 Å². The Balaban J connectivity index is 1.96. The van der Waals surface area contributed by atoms with Crippen LogP contribution in [0.25, 0.3) is 10.2 Å². The second kappa shape index (κ2) is 5.11. The third kappa shape index (κ3) is 2.13. The molecule has 0 aromatic carbocycles. The summed E-state index contributed by atoms with van der Waals surface area (Å²) in [5, 5.41) is 1.73. The molecule has 18 heavy (non-hydrogen) atoms. The van der Waals surface area contributed by atoms with Gasteiger partial charge in [0.05, 0.1) is 5.39 Å². The molecule has 5 heteroatoms. The van der Waals surface area contributed by atoms with Crippen molar-refractivity contribution in [3.05, 3.63) is 21.4 Å². The molecule has 1 aliphatic rings. The van der Waals surface area contributed by atoms with Gasteiger partial charge in [-0.2, -0.15) is 0 Å². The highest BCUT2D eigenvalue weighted by Crippen LogP contribution is 2.39. The molecule has 2 aromatic rings. The van der Waals surface area contributed by atoms with E-state index in [1.54, 1.807) is 18.4 Å². The molecule has 0 bridgehead atoms. The van der Waals surface area contributed by atoms with Crippen molar-refractivity contribution in [2.45, 2.75) is 32.1 Å². The van der Waals surface area contributed by atoms with Gasteiger partial charge in [0, 0.05) is 25.0 Å². The van der Waals surface area contributed by atoms with Crippen molar-refractivity contribution in [2.24, 2.45) is 0 Å². The van der Waals surface area contributed by atoms with Crippen LogP contribution in [0.3, 0.4) is 0 Å². The third-order valence-electron chi connectivity index (χ3n) is 3.32. The van der Waals surface area contributed by atoms with E-state index in [9.17, 15) is 0 Å². The van der Waals surface area contributed by atoms with E-state index >= 15 is 0 Å². The molecule has 0 radical (unpaired) electrons. The minimum absolute atomic E-state index is 0.631. The Morgan fingerprint density at radius 1 is 1.33 bits per heavy atom. The largest absolute Gasteiger partial charge is 0.385 e. The van der Waals surface area contributed by atoms with Crippen molar-refractivity contribution in [1.82, 2.24) is 9.97 Å². The highest BCUT2D eigenvalue weighted by Gasteiger charge is 2.21. The molecule has 96 valence electrons. The number of hydrogen-bond donors (Lipinski definition) is 0. The first-order chi connectivity index (χ1) is 8.79. The first-order valence-electron chi connectivity index (χ1n) is 6.25. The van der Waals surface area contributed by atoms with Crippen molar-refractivity contribution < 1.29 is 4.74 Å². The quantitative estimate of drug-likeness (QED) is 0.637. The number of nitrogens with zero attached hydrogens (tertiary/aromatic N) is 2. The fourth-order valence-electron chi connectivity index (χ4n) is 2.48. The zero-order valence-electron chi connectivity index (χ0n) is 10.3. The van der Waals surface area contributed by atoms with Crippen molar-refractivity contribution >= 4 is 33.2 Å². The molecule has 0 saturated heterocycles. The van der Waals surface area contributed by atoms with Gasteiger partial charge in [-0.1, -0.05) is 11.6 Å². The average molecular weight is 283 g/mol. The molecule has 0 fully saturated rings. The normalized spacial score (nSPS) is 14.3. The molecular formula is C13H15ClN2OS. The van der Waals surface area contributed by atoms with Crippen LogP contribution in [0.1, 0.15) is 29.1 Å². The lowest BCUT2D eigenvalue weighted by molar-refractivity contribution is 0.194. The highest BCUT2D eigenvalue weighted by molar-refractivity contribution is 7.19.